The summed E-state index contributed by atoms with van der Waals surface area (Å²) in [5.41, 5.74) is 12.1. The highest BCUT2D eigenvalue weighted by molar-refractivity contribution is 7.25. The lowest BCUT2D eigenvalue weighted by Gasteiger charge is -2.12. The SMILES string of the molecule is c1ccc(-c2c3ccccc3cc3c2c2cc(-c4ccc5c(c4)c4ccccc4n5-c4ccccc4)ccc2n3-c2ccc3sc4ccccc4c3c2)cc1. The molecule has 3 aromatic heterocycles. The largest absolute Gasteiger partial charge is 0.309 e. The third-order valence-electron chi connectivity index (χ3n) is 11.5. The molecule has 12 aromatic rings. The van der Waals surface area contributed by atoms with Crippen molar-refractivity contribution >= 4 is 85.9 Å². The lowest BCUT2D eigenvalue weighted by atomic mass is 9.92. The molecule has 3 heterocycles. The van der Waals surface area contributed by atoms with Gasteiger partial charge in [0, 0.05) is 53.1 Å². The van der Waals surface area contributed by atoms with Gasteiger partial charge in [0.15, 0.2) is 0 Å². The summed E-state index contributed by atoms with van der Waals surface area (Å²) >= 11 is 1.87. The third kappa shape index (κ3) is 4.54. The van der Waals surface area contributed by atoms with Crippen molar-refractivity contribution in [1.29, 1.82) is 0 Å². The molecular formula is C52H32N2S. The molecule has 0 radical (unpaired) electrons. The van der Waals surface area contributed by atoms with E-state index in [0.717, 1.165) is 0 Å². The van der Waals surface area contributed by atoms with E-state index in [-0.39, 0.29) is 0 Å². The highest BCUT2D eigenvalue weighted by Gasteiger charge is 2.21. The first-order valence-electron chi connectivity index (χ1n) is 18.8. The van der Waals surface area contributed by atoms with Gasteiger partial charge in [-0.25, -0.2) is 0 Å². The lowest BCUT2D eigenvalue weighted by Crippen LogP contribution is -1.94. The second-order valence-corrected chi connectivity index (χ2v) is 15.6. The second kappa shape index (κ2) is 11.8. The van der Waals surface area contributed by atoms with Crippen LogP contribution in [0.3, 0.4) is 0 Å². The predicted molar refractivity (Wildman–Crippen MR) is 236 cm³/mol. The van der Waals surface area contributed by atoms with Gasteiger partial charge in [-0.2, -0.15) is 0 Å². The van der Waals surface area contributed by atoms with Gasteiger partial charge in [-0.15, -0.1) is 11.3 Å². The molecule has 0 amide bonds. The first kappa shape index (κ1) is 30.5. The van der Waals surface area contributed by atoms with Crippen molar-refractivity contribution in [2.45, 2.75) is 0 Å². The zero-order valence-corrected chi connectivity index (χ0v) is 30.6. The van der Waals surface area contributed by atoms with Crippen LogP contribution in [0.25, 0.3) is 108 Å². The summed E-state index contributed by atoms with van der Waals surface area (Å²) in [6.07, 6.45) is 0. The molecule has 0 unspecified atom stereocenters. The van der Waals surface area contributed by atoms with E-state index < -0.39 is 0 Å². The van der Waals surface area contributed by atoms with Gasteiger partial charge in [-0.05, 0) is 106 Å². The summed E-state index contributed by atoms with van der Waals surface area (Å²) in [5, 5.41) is 10.2. The van der Waals surface area contributed by atoms with E-state index in [4.69, 9.17) is 0 Å². The summed E-state index contributed by atoms with van der Waals surface area (Å²) in [6.45, 7) is 0. The molecule has 0 atom stereocenters. The fourth-order valence-electron chi connectivity index (χ4n) is 9.07. The lowest BCUT2D eigenvalue weighted by molar-refractivity contribution is 1.18. The normalized spacial score (nSPS) is 12.0. The number of rotatable bonds is 4. The summed E-state index contributed by atoms with van der Waals surface area (Å²) in [7, 11) is 0. The Labute approximate surface area is 321 Å². The number of aromatic nitrogens is 2. The van der Waals surface area contributed by atoms with Crippen LogP contribution >= 0.6 is 11.3 Å². The van der Waals surface area contributed by atoms with E-state index in [9.17, 15) is 0 Å². The van der Waals surface area contributed by atoms with Crippen molar-refractivity contribution in [3.05, 3.63) is 194 Å². The van der Waals surface area contributed by atoms with Crippen molar-refractivity contribution in [1.82, 2.24) is 9.13 Å². The molecule has 0 saturated carbocycles. The second-order valence-electron chi connectivity index (χ2n) is 14.5. The molecule has 3 heteroatoms. The Morgan fingerprint density at radius 2 is 0.909 bits per heavy atom. The molecule has 256 valence electrons. The predicted octanol–water partition coefficient (Wildman–Crippen LogP) is 14.7. The van der Waals surface area contributed by atoms with Crippen LogP contribution in [0.5, 0.6) is 0 Å². The Morgan fingerprint density at radius 3 is 1.73 bits per heavy atom. The highest BCUT2D eigenvalue weighted by atomic mass is 32.1. The molecule has 0 aliphatic carbocycles. The highest BCUT2D eigenvalue weighted by Crippen LogP contribution is 2.45. The van der Waals surface area contributed by atoms with Gasteiger partial charge in [-0.1, -0.05) is 121 Å². The van der Waals surface area contributed by atoms with E-state index in [0.29, 0.717) is 0 Å². The Balaban J connectivity index is 1.16. The molecule has 0 spiro atoms. The van der Waals surface area contributed by atoms with Crippen molar-refractivity contribution in [3.63, 3.8) is 0 Å². The van der Waals surface area contributed by atoms with E-state index in [1.807, 2.05) is 11.3 Å². The van der Waals surface area contributed by atoms with Crippen LogP contribution in [0.4, 0.5) is 0 Å². The maximum absolute atomic E-state index is 2.50. The summed E-state index contributed by atoms with van der Waals surface area (Å²) in [4.78, 5) is 0. The third-order valence-corrected chi connectivity index (χ3v) is 12.6. The zero-order chi connectivity index (χ0) is 36.0. The number of nitrogens with zero attached hydrogens (tertiary/aromatic N) is 2. The van der Waals surface area contributed by atoms with Gasteiger partial charge >= 0.3 is 0 Å². The number of para-hydroxylation sites is 2. The maximum atomic E-state index is 2.50. The number of hydrogen-bond donors (Lipinski definition) is 0. The van der Waals surface area contributed by atoms with Crippen LogP contribution < -0.4 is 0 Å². The topological polar surface area (TPSA) is 9.86 Å². The summed E-state index contributed by atoms with van der Waals surface area (Å²) < 4.78 is 7.52. The summed E-state index contributed by atoms with van der Waals surface area (Å²) in [6, 6.07) is 71.5. The quantitative estimate of drug-likeness (QED) is 0.172. The molecule has 0 fully saturated rings. The number of benzene rings is 9. The van der Waals surface area contributed by atoms with Gasteiger partial charge < -0.3 is 9.13 Å². The Hall–Kier alpha value is -6.94. The molecular weight excluding hydrogens is 685 g/mol. The van der Waals surface area contributed by atoms with Crippen molar-refractivity contribution < 1.29 is 0 Å². The van der Waals surface area contributed by atoms with Crippen LogP contribution in [0.15, 0.2) is 194 Å². The molecule has 55 heavy (non-hydrogen) atoms. The molecule has 0 aliphatic rings. The number of hydrogen-bond acceptors (Lipinski definition) is 1. The molecule has 9 aromatic carbocycles. The average Bonchev–Trinajstić information content (AvgIpc) is 3.90. The van der Waals surface area contributed by atoms with E-state index in [1.165, 1.54) is 108 Å². The molecule has 0 bridgehead atoms. The van der Waals surface area contributed by atoms with Gasteiger partial charge in [0.2, 0.25) is 0 Å². The van der Waals surface area contributed by atoms with Gasteiger partial charge in [0.25, 0.3) is 0 Å². The maximum Gasteiger partial charge on any atom is 0.0553 e. The Morgan fingerprint density at radius 1 is 0.309 bits per heavy atom. The van der Waals surface area contributed by atoms with Gasteiger partial charge in [0.05, 0.1) is 22.1 Å². The molecule has 2 nitrogen and oxygen atoms in total. The van der Waals surface area contributed by atoms with Crippen LogP contribution in [-0.2, 0) is 0 Å². The minimum absolute atomic E-state index is 1.17. The minimum atomic E-state index is 1.17. The average molecular weight is 717 g/mol. The Bertz CT molecular complexity index is 3470. The monoisotopic (exact) mass is 716 g/mol. The van der Waals surface area contributed by atoms with Gasteiger partial charge in [-0.3, -0.25) is 0 Å². The fraction of sp³-hybridized carbons (Fsp3) is 0. The minimum Gasteiger partial charge on any atom is -0.309 e. The van der Waals surface area contributed by atoms with Crippen LogP contribution in [-0.4, -0.2) is 9.13 Å². The van der Waals surface area contributed by atoms with Crippen molar-refractivity contribution in [3.8, 4) is 33.6 Å². The first-order chi connectivity index (χ1) is 27.3. The summed E-state index contributed by atoms with van der Waals surface area (Å²) in [5.74, 6) is 0. The van der Waals surface area contributed by atoms with E-state index in [1.54, 1.807) is 0 Å². The zero-order valence-electron chi connectivity index (χ0n) is 29.8. The van der Waals surface area contributed by atoms with Crippen molar-refractivity contribution in [2.24, 2.45) is 0 Å². The number of fused-ring (bicyclic) bond motifs is 10. The standard InChI is InChI=1S/C52H32N2S/c1-3-13-33(14-4-1)51-39-18-8-7-15-36(39)31-48-52(51)44-30-35(24-27-47(44)54(48)38-25-28-50-43(32-38)41-20-10-12-22-49(41)55-50)34-23-26-46-42(29-34)40-19-9-11-21-45(40)53(46)37-16-5-2-6-17-37/h1-32H. The smallest absolute Gasteiger partial charge is 0.0553 e. The van der Waals surface area contributed by atoms with Crippen LogP contribution in [0.2, 0.25) is 0 Å². The van der Waals surface area contributed by atoms with Crippen molar-refractivity contribution in [2.75, 3.05) is 0 Å². The number of thiophene rings is 1. The molecule has 0 N–H and O–H groups in total. The van der Waals surface area contributed by atoms with E-state index >= 15 is 0 Å². The van der Waals surface area contributed by atoms with E-state index in [2.05, 4.69) is 203 Å². The first-order valence-corrected chi connectivity index (χ1v) is 19.7. The van der Waals surface area contributed by atoms with Crippen LogP contribution in [0.1, 0.15) is 0 Å². The molecule has 0 aliphatic heterocycles. The fourth-order valence-corrected chi connectivity index (χ4v) is 10.2. The Kier molecular flexibility index (Phi) is 6.54. The van der Waals surface area contributed by atoms with Gasteiger partial charge in [0.1, 0.15) is 0 Å². The molecule has 12 rings (SSSR count). The molecule has 0 saturated heterocycles. The van der Waals surface area contributed by atoms with Crippen LogP contribution in [0, 0.1) is 0 Å².